The summed E-state index contributed by atoms with van der Waals surface area (Å²) in [6.07, 6.45) is 2.96. The number of hydrogen-bond donors (Lipinski definition) is 2. The van der Waals surface area contributed by atoms with Crippen molar-refractivity contribution in [2.24, 2.45) is 0 Å². The van der Waals surface area contributed by atoms with Gasteiger partial charge in [0.2, 0.25) is 0 Å². The normalized spacial score (nSPS) is 16.0. The van der Waals surface area contributed by atoms with E-state index in [0.29, 0.717) is 41.4 Å². The number of aromatic nitrogens is 3. The third-order valence-electron chi connectivity index (χ3n) is 5.96. The summed E-state index contributed by atoms with van der Waals surface area (Å²) in [5.41, 5.74) is 0.815. The number of benzene rings is 1. The smallest absolute Gasteiger partial charge is 0.407 e. The molecule has 2 N–H and O–H groups in total. The Morgan fingerprint density at radius 2 is 2.03 bits per heavy atom. The number of alkyl carbamates (subject to hydrolysis) is 1. The number of nitrogens with zero attached hydrogens (tertiary/aromatic N) is 3. The molecule has 4 rings (SSSR count). The molecule has 3 heterocycles. The maximum atomic E-state index is 13.2. The molecule has 0 aliphatic carbocycles. The molecule has 2 aromatic heterocycles. The van der Waals surface area contributed by atoms with E-state index in [1.807, 2.05) is 43.9 Å². The molecule has 1 fully saturated rings. The number of nitrogens with one attached hydrogen (secondary N) is 2. The number of hydrogen-bond acceptors (Lipinski definition) is 7. The van der Waals surface area contributed by atoms with Crippen LogP contribution < -0.4 is 15.8 Å². The fraction of sp³-hybridized carbons (Fsp3) is 0.462. The SMILES string of the molecule is CCOC(=O)c1cn2nc(N3CCC[C@@H](NC(=O)OC(C)(C)C)C3)c(Cc3ccccc3Cl)c2c(=O)[nH]1. The molecule has 1 atom stereocenters. The highest BCUT2D eigenvalue weighted by molar-refractivity contribution is 6.31. The van der Waals surface area contributed by atoms with E-state index in [0.717, 1.165) is 18.4 Å². The molecule has 3 aromatic rings. The molecule has 1 aromatic carbocycles. The van der Waals surface area contributed by atoms with Crippen molar-refractivity contribution in [2.45, 2.75) is 58.6 Å². The van der Waals surface area contributed by atoms with E-state index in [-0.39, 0.29) is 18.3 Å². The Balaban J connectivity index is 1.72. The van der Waals surface area contributed by atoms with Gasteiger partial charge >= 0.3 is 12.1 Å². The van der Waals surface area contributed by atoms with Crippen LogP contribution in [0.15, 0.2) is 35.3 Å². The second-order valence-electron chi connectivity index (χ2n) is 10.0. The highest BCUT2D eigenvalue weighted by Crippen LogP contribution is 2.30. The lowest BCUT2D eigenvalue weighted by Crippen LogP contribution is -2.49. The monoisotopic (exact) mass is 529 g/mol. The van der Waals surface area contributed by atoms with Gasteiger partial charge in [0, 0.05) is 36.1 Å². The summed E-state index contributed by atoms with van der Waals surface area (Å²) in [6, 6.07) is 7.28. The number of halogens is 1. The number of rotatable bonds is 6. The first-order chi connectivity index (χ1) is 17.6. The fourth-order valence-electron chi connectivity index (χ4n) is 4.45. The predicted molar refractivity (Wildman–Crippen MR) is 141 cm³/mol. The summed E-state index contributed by atoms with van der Waals surface area (Å²) in [7, 11) is 0. The zero-order valence-electron chi connectivity index (χ0n) is 21.5. The van der Waals surface area contributed by atoms with Gasteiger partial charge in [0.15, 0.2) is 5.82 Å². The highest BCUT2D eigenvalue weighted by atomic mass is 35.5. The van der Waals surface area contributed by atoms with Gasteiger partial charge < -0.3 is 24.7 Å². The molecule has 0 unspecified atom stereocenters. The minimum absolute atomic E-state index is 0.0146. The zero-order chi connectivity index (χ0) is 26.7. The summed E-state index contributed by atoms with van der Waals surface area (Å²) in [4.78, 5) is 42.6. The number of carbonyl (C=O) groups is 2. The number of H-pyrrole nitrogens is 1. The molecule has 1 aliphatic rings. The fourth-order valence-corrected chi connectivity index (χ4v) is 4.65. The van der Waals surface area contributed by atoms with E-state index in [4.69, 9.17) is 26.2 Å². The molecule has 10 nitrogen and oxygen atoms in total. The topological polar surface area (TPSA) is 118 Å². The summed E-state index contributed by atoms with van der Waals surface area (Å²) < 4.78 is 11.9. The predicted octanol–water partition coefficient (Wildman–Crippen LogP) is 3.94. The zero-order valence-corrected chi connectivity index (χ0v) is 22.2. The Hall–Kier alpha value is -3.53. The molecular weight excluding hydrogens is 498 g/mol. The van der Waals surface area contributed by atoms with Gasteiger partial charge in [0.05, 0.1) is 12.8 Å². The molecule has 1 amide bonds. The number of ether oxygens (including phenoxy) is 2. The van der Waals surface area contributed by atoms with Crippen LogP contribution in [0.5, 0.6) is 0 Å². The molecule has 0 bridgehead atoms. The minimum Gasteiger partial charge on any atom is -0.461 e. The number of anilines is 1. The van der Waals surface area contributed by atoms with Gasteiger partial charge in [-0.1, -0.05) is 29.8 Å². The van der Waals surface area contributed by atoms with Gasteiger partial charge in [-0.05, 0) is 52.2 Å². The van der Waals surface area contributed by atoms with Crippen molar-refractivity contribution in [1.82, 2.24) is 19.9 Å². The number of carbonyl (C=O) groups excluding carboxylic acids is 2. The van der Waals surface area contributed by atoms with E-state index >= 15 is 0 Å². The van der Waals surface area contributed by atoms with Crippen molar-refractivity contribution in [2.75, 3.05) is 24.6 Å². The third kappa shape index (κ3) is 6.25. The van der Waals surface area contributed by atoms with Crippen LogP contribution in [0, 0.1) is 0 Å². The molecule has 0 saturated carbocycles. The largest absolute Gasteiger partial charge is 0.461 e. The molecule has 0 radical (unpaired) electrons. The first kappa shape index (κ1) is 26.5. The Kier molecular flexibility index (Phi) is 7.77. The van der Waals surface area contributed by atoms with E-state index in [1.54, 1.807) is 13.0 Å². The molecule has 1 saturated heterocycles. The van der Waals surface area contributed by atoms with E-state index in [1.165, 1.54) is 10.7 Å². The second-order valence-corrected chi connectivity index (χ2v) is 10.4. The van der Waals surface area contributed by atoms with Gasteiger partial charge in [0.1, 0.15) is 16.8 Å². The van der Waals surface area contributed by atoms with E-state index < -0.39 is 23.2 Å². The quantitative estimate of drug-likeness (QED) is 0.464. The van der Waals surface area contributed by atoms with Crippen LogP contribution in [0.4, 0.5) is 10.6 Å². The minimum atomic E-state index is -0.634. The lowest BCUT2D eigenvalue weighted by Gasteiger charge is -2.34. The molecule has 11 heteroatoms. The number of piperidine rings is 1. The summed E-state index contributed by atoms with van der Waals surface area (Å²) in [6.45, 7) is 8.51. The Morgan fingerprint density at radius 3 is 2.73 bits per heavy atom. The molecule has 198 valence electrons. The summed E-state index contributed by atoms with van der Waals surface area (Å²) >= 11 is 6.46. The van der Waals surface area contributed by atoms with Gasteiger partial charge in [-0.3, -0.25) is 4.79 Å². The molecule has 37 heavy (non-hydrogen) atoms. The summed E-state index contributed by atoms with van der Waals surface area (Å²) in [5.74, 6) is -0.0343. The number of fused-ring (bicyclic) bond motifs is 1. The summed E-state index contributed by atoms with van der Waals surface area (Å²) in [5, 5.41) is 8.26. The second kappa shape index (κ2) is 10.8. The number of aromatic amines is 1. The van der Waals surface area contributed by atoms with Crippen LogP contribution in [0.1, 0.15) is 62.2 Å². The van der Waals surface area contributed by atoms with Crippen molar-refractivity contribution in [3.8, 4) is 0 Å². The Morgan fingerprint density at radius 1 is 1.27 bits per heavy atom. The van der Waals surface area contributed by atoms with Gasteiger partial charge in [-0.25, -0.2) is 14.1 Å². The highest BCUT2D eigenvalue weighted by Gasteiger charge is 2.29. The van der Waals surface area contributed by atoms with Crippen LogP contribution in [0.3, 0.4) is 0 Å². The first-order valence-electron chi connectivity index (χ1n) is 12.3. The molecule has 0 spiro atoms. The maximum Gasteiger partial charge on any atom is 0.407 e. The van der Waals surface area contributed by atoms with Crippen molar-refractivity contribution in [3.63, 3.8) is 0 Å². The third-order valence-corrected chi connectivity index (χ3v) is 6.33. The van der Waals surface area contributed by atoms with Crippen molar-refractivity contribution >= 4 is 35.0 Å². The van der Waals surface area contributed by atoms with Crippen LogP contribution >= 0.6 is 11.6 Å². The standard InChI is InChI=1S/C26H32ClN5O5/c1-5-36-24(34)20-15-32-21(23(33)29-20)18(13-16-9-6-7-11-19(16)27)22(30-32)31-12-8-10-17(14-31)28-25(35)37-26(2,3)4/h6-7,9,11,15,17H,5,8,10,12-14H2,1-4H3,(H,28,35)(H,29,33)/t17-/m1/s1. The van der Waals surface area contributed by atoms with Crippen LogP contribution in [-0.4, -0.2) is 58.0 Å². The van der Waals surface area contributed by atoms with E-state index in [9.17, 15) is 14.4 Å². The van der Waals surface area contributed by atoms with Gasteiger partial charge in [-0.15, -0.1) is 5.10 Å². The molecule has 1 aliphatic heterocycles. The Bertz CT molecular complexity index is 1360. The van der Waals surface area contributed by atoms with Crippen LogP contribution in [-0.2, 0) is 15.9 Å². The van der Waals surface area contributed by atoms with Gasteiger partial charge in [0.25, 0.3) is 5.56 Å². The van der Waals surface area contributed by atoms with Crippen molar-refractivity contribution in [1.29, 1.82) is 0 Å². The van der Waals surface area contributed by atoms with Crippen molar-refractivity contribution in [3.05, 3.63) is 62.7 Å². The first-order valence-corrected chi connectivity index (χ1v) is 12.7. The lowest BCUT2D eigenvalue weighted by molar-refractivity contribution is 0.0495. The lowest BCUT2D eigenvalue weighted by atomic mass is 10.0. The number of esters is 1. The number of amides is 1. The average Bonchev–Trinajstić information content (AvgIpc) is 3.18. The average molecular weight is 530 g/mol. The molecular formula is C26H32ClN5O5. The Labute approximate surface area is 219 Å². The van der Waals surface area contributed by atoms with E-state index in [2.05, 4.69) is 10.3 Å². The van der Waals surface area contributed by atoms with Gasteiger partial charge in [-0.2, -0.15) is 0 Å². The van der Waals surface area contributed by atoms with Crippen molar-refractivity contribution < 1.29 is 19.1 Å². The van der Waals surface area contributed by atoms with Crippen LogP contribution in [0.25, 0.3) is 5.52 Å². The van der Waals surface area contributed by atoms with Crippen LogP contribution in [0.2, 0.25) is 5.02 Å². The maximum absolute atomic E-state index is 13.2.